The van der Waals surface area contributed by atoms with Gasteiger partial charge in [0.1, 0.15) is 11.8 Å². The normalized spacial score (nSPS) is 23.4. The number of benzene rings is 1. The zero-order chi connectivity index (χ0) is 15.4. The summed E-state index contributed by atoms with van der Waals surface area (Å²) in [4.78, 5) is 5.13. The molecule has 2 fully saturated rings. The molecule has 0 amide bonds. The van der Waals surface area contributed by atoms with Crippen LogP contribution in [0.1, 0.15) is 17.5 Å². The van der Waals surface area contributed by atoms with Crippen molar-refractivity contribution >= 4 is 0 Å². The molecule has 2 saturated heterocycles. The molecule has 3 rings (SSSR count). The van der Waals surface area contributed by atoms with E-state index in [1.165, 1.54) is 25.1 Å². The van der Waals surface area contributed by atoms with E-state index in [9.17, 15) is 0 Å². The van der Waals surface area contributed by atoms with E-state index in [1.807, 2.05) is 18.2 Å². The average molecular weight is 300 g/mol. The highest BCUT2D eigenvalue weighted by atomic mass is 16.5. The number of piperazine rings is 1. The number of rotatable bonds is 4. The Balaban J connectivity index is 1.59. The van der Waals surface area contributed by atoms with Gasteiger partial charge in [0.2, 0.25) is 0 Å². The van der Waals surface area contributed by atoms with Crippen LogP contribution in [0.25, 0.3) is 0 Å². The molecule has 2 aliphatic rings. The van der Waals surface area contributed by atoms with Gasteiger partial charge in [0, 0.05) is 51.9 Å². The van der Waals surface area contributed by atoms with Crippen molar-refractivity contribution in [3.63, 3.8) is 0 Å². The fraction of sp³-hybridized carbons (Fsp3) is 0.588. The van der Waals surface area contributed by atoms with Gasteiger partial charge in [0.25, 0.3) is 0 Å². The van der Waals surface area contributed by atoms with Crippen molar-refractivity contribution in [2.75, 3.05) is 46.4 Å². The topological polar surface area (TPSA) is 51.5 Å². The molecule has 0 aromatic heterocycles. The lowest BCUT2D eigenvalue weighted by molar-refractivity contribution is 0.170. The Morgan fingerprint density at radius 1 is 1.32 bits per heavy atom. The van der Waals surface area contributed by atoms with Gasteiger partial charge in [-0.05, 0) is 24.1 Å². The Bertz CT molecular complexity index is 548. The molecular weight excluding hydrogens is 276 g/mol. The van der Waals surface area contributed by atoms with Crippen molar-refractivity contribution < 1.29 is 4.74 Å². The van der Waals surface area contributed by atoms with E-state index in [2.05, 4.69) is 21.2 Å². The summed E-state index contributed by atoms with van der Waals surface area (Å²) in [6.07, 6.45) is 1.26. The first-order chi connectivity index (χ1) is 10.8. The number of nitriles is 1. The number of hydrogen-bond acceptors (Lipinski definition) is 5. The fourth-order valence-corrected chi connectivity index (χ4v) is 3.49. The quantitative estimate of drug-likeness (QED) is 0.900. The molecule has 0 radical (unpaired) electrons. The molecule has 22 heavy (non-hydrogen) atoms. The first-order valence-electron chi connectivity index (χ1n) is 8.04. The molecule has 0 bridgehead atoms. The summed E-state index contributed by atoms with van der Waals surface area (Å²) in [5.74, 6) is 0.679. The van der Waals surface area contributed by atoms with Crippen LogP contribution in [0.15, 0.2) is 18.2 Å². The largest absolute Gasteiger partial charge is 0.495 e. The summed E-state index contributed by atoms with van der Waals surface area (Å²) in [6, 6.07) is 8.76. The molecule has 1 N–H and O–H groups in total. The van der Waals surface area contributed by atoms with Gasteiger partial charge in [-0.3, -0.25) is 9.80 Å². The summed E-state index contributed by atoms with van der Waals surface area (Å²) in [6.45, 7) is 7.79. The lowest BCUT2D eigenvalue weighted by atomic mass is 10.1. The van der Waals surface area contributed by atoms with E-state index in [0.29, 0.717) is 17.4 Å². The monoisotopic (exact) mass is 300 g/mol. The van der Waals surface area contributed by atoms with Crippen molar-refractivity contribution in [1.82, 2.24) is 15.1 Å². The third-order valence-corrected chi connectivity index (χ3v) is 4.71. The Morgan fingerprint density at radius 2 is 2.14 bits per heavy atom. The molecule has 118 valence electrons. The summed E-state index contributed by atoms with van der Waals surface area (Å²) < 4.78 is 5.30. The SMILES string of the molecule is COc1cc(CN2CCC(N3CCNCC3)C2)ccc1C#N. The zero-order valence-corrected chi connectivity index (χ0v) is 13.2. The van der Waals surface area contributed by atoms with Crippen LogP contribution in [-0.2, 0) is 6.54 Å². The predicted octanol–water partition coefficient (Wildman–Crippen LogP) is 1.05. The minimum Gasteiger partial charge on any atom is -0.495 e. The van der Waals surface area contributed by atoms with Crippen LogP contribution >= 0.6 is 0 Å². The Labute approximate surface area is 132 Å². The second-order valence-electron chi connectivity index (χ2n) is 6.11. The van der Waals surface area contributed by atoms with Crippen molar-refractivity contribution in [2.24, 2.45) is 0 Å². The highest BCUT2D eigenvalue weighted by molar-refractivity contribution is 5.45. The molecule has 2 heterocycles. The van der Waals surface area contributed by atoms with Crippen LogP contribution in [0.2, 0.25) is 0 Å². The Morgan fingerprint density at radius 3 is 2.86 bits per heavy atom. The summed E-state index contributed by atoms with van der Waals surface area (Å²) >= 11 is 0. The van der Waals surface area contributed by atoms with Crippen molar-refractivity contribution in [1.29, 1.82) is 5.26 Å². The van der Waals surface area contributed by atoms with Crippen LogP contribution in [0.5, 0.6) is 5.75 Å². The molecule has 0 spiro atoms. The molecule has 1 atom stereocenters. The van der Waals surface area contributed by atoms with Gasteiger partial charge in [-0.1, -0.05) is 6.07 Å². The van der Waals surface area contributed by atoms with Gasteiger partial charge < -0.3 is 10.1 Å². The molecule has 0 aliphatic carbocycles. The first-order valence-corrected chi connectivity index (χ1v) is 8.04. The van der Waals surface area contributed by atoms with Crippen molar-refractivity contribution in [3.8, 4) is 11.8 Å². The van der Waals surface area contributed by atoms with Crippen LogP contribution < -0.4 is 10.1 Å². The maximum absolute atomic E-state index is 9.05. The molecule has 0 saturated carbocycles. The van der Waals surface area contributed by atoms with Gasteiger partial charge >= 0.3 is 0 Å². The second-order valence-corrected chi connectivity index (χ2v) is 6.11. The van der Waals surface area contributed by atoms with Crippen LogP contribution in [0.4, 0.5) is 0 Å². The molecule has 2 aliphatic heterocycles. The molecular formula is C17H24N4O. The molecule has 1 aromatic rings. The maximum atomic E-state index is 9.05. The smallest absolute Gasteiger partial charge is 0.136 e. The highest BCUT2D eigenvalue weighted by Crippen LogP contribution is 2.23. The molecule has 1 aromatic carbocycles. The van der Waals surface area contributed by atoms with Crippen LogP contribution in [0.3, 0.4) is 0 Å². The van der Waals surface area contributed by atoms with E-state index in [0.717, 1.165) is 32.7 Å². The summed E-state index contributed by atoms with van der Waals surface area (Å²) in [5.41, 5.74) is 1.82. The number of hydrogen-bond donors (Lipinski definition) is 1. The van der Waals surface area contributed by atoms with Gasteiger partial charge in [0.05, 0.1) is 12.7 Å². The zero-order valence-electron chi connectivity index (χ0n) is 13.2. The lowest BCUT2D eigenvalue weighted by Crippen LogP contribution is -2.49. The standard InChI is InChI=1S/C17H24N4O/c1-22-17-10-14(2-3-15(17)11-18)12-20-7-4-16(13-20)21-8-5-19-6-9-21/h2-3,10,16,19H,4-9,12-13H2,1H3. The third-order valence-electron chi connectivity index (χ3n) is 4.71. The average Bonchev–Trinajstić information content (AvgIpc) is 3.04. The molecule has 5 heteroatoms. The van der Waals surface area contributed by atoms with Crippen LogP contribution in [-0.4, -0.2) is 62.2 Å². The minimum atomic E-state index is 0.603. The number of likely N-dealkylation sites (tertiary alicyclic amines) is 1. The van der Waals surface area contributed by atoms with E-state index in [4.69, 9.17) is 10.00 Å². The maximum Gasteiger partial charge on any atom is 0.136 e. The van der Waals surface area contributed by atoms with Crippen molar-refractivity contribution in [2.45, 2.75) is 19.0 Å². The number of methoxy groups -OCH3 is 1. The van der Waals surface area contributed by atoms with E-state index >= 15 is 0 Å². The molecule has 5 nitrogen and oxygen atoms in total. The molecule has 1 unspecified atom stereocenters. The van der Waals surface area contributed by atoms with Gasteiger partial charge in [-0.15, -0.1) is 0 Å². The van der Waals surface area contributed by atoms with Gasteiger partial charge in [-0.2, -0.15) is 5.26 Å². The fourth-order valence-electron chi connectivity index (χ4n) is 3.49. The Kier molecular flexibility index (Phi) is 4.94. The first kappa shape index (κ1) is 15.3. The van der Waals surface area contributed by atoms with E-state index < -0.39 is 0 Å². The number of nitrogens with one attached hydrogen (secondary N) is 1. The number of ether oxygens (including phenoxy) is 1. The van der Waals surface area contributed by atoms with Crippen molar-refractivity contribution in [3.05, 3.63) is 29.3 Å². The summed E-state index contributed by atoms with van der Waals surface area (Å²) in [5, 5.41) is 12.5. The highest BCUT2D eigenvalue weighted by Gasteiger charge is 2.28. The van der Waals surface area contributed by atoms with Gasteiger partial charge in [0.15, 0.2) is 0 Å². The summed E-state index contributed by atoms with van der Waals surface area (Å²) in [7, 11) is 1.62. The lowest BCUT2D eigenvalue weighted by Gasteiger charge is -2.32. The van der Waals surface area contributed by atoms with Gasteiger partial charge in [-0.25, -0.2) is 0 Å². The third kappa shape index (κ3) is 3.41. The van der Waals surface area contributed by atoms with E-state index in [1.54, 1.807) is 7.11 Å². The van der Waals surface area contributed by atoms with E-state index in [-0.39, 0.29) is 0 Å². The predicted molar refractivity (Wildman–Crippen MR) is 85.8 cm³/mol. The number of nitrogens with zero attached hydrogens (tertiary/aromatic N) is 3. The van der Waals surface area contributed by atoms with Crippen LogP contribution in [0, 0.1) is 11.3 Å². The second kappa shape index (κ2) is 7.10. The minimum absolute atomic E-state index is 0.603. The Hall–Kier alpha value is -1.61.